The van der Waals surface area contributed by atoms with E-state index in [-0.39, 0.29) is 11.9 Å². The average Bonchev–Trinajstić information content (AvgIpc) is 2.92. The molecular weight excluding hydrogens is 334 g/mol. The van der Waals surface area contributed by atoms with Crippen LogP contribution in [-0.2, 0) is 9.53 Å². The molecule has 0 aromatic heterocycles. The highest BCUT2D eigenvalue weighted by Crippen LogP contribution is 2.13. The molecule has 3 N–H and O–H groups in total. The van der Waals surface area contributed by atoms with Crippen LogP contribution in [0.3, 0.4) is 0 Å². The molecular formula is C18H35N5O3. The van der Waals surface area contributed by atoms with Crippen molar-refractivity contribution in [3.8, 4) is 0 Å². The molecule has 1 aliphatic heterocycles. The van der Waals surface area contributed by atoms with Crippen LogP contribution in [0.15, 0.2) is 4.99 Å². The molecule has 2 amide bonds. The quantitative estimate of drug-likeness (QED) is 0.395. The Kier molecular flexibility index (Phi) is 7.71. The SMILES string of the molecule is CN=C(NCCNC(=O)C(C)(C)C)N1CCC(NC(=O)OC(C)(C)C)C1. The number of hydrogen-bond donors (Lipinski definition) is 3. The van der Waals surface area contributed by atoms with Gasteiger partial charge in [0.25, 0.3) is 0 Å². The third kappa shape index (κ3) is 7.93. The highest BCUT2D eigenvalue weighted by molar-refractivity contribution is 5.82. The first-order chi connectivity index (χ1) is 11.9. The smallest absolute Gasteiger partial charge is 0.407 e. The maximum absolute atomic E-state index is 11.9. The van der Waals surface area contributed by atoms with Gasteiger partial charge in [-0.3, -0.25) is 9.79 Å². The van der Waals surface area contributed by atoms with Gasteiger partial charge in [-0.25, -0.2) is 4.79 Å². The Balaban J connectivity index is 2.36. The fourth-order valence-corrected chi connectivity index (χ4v) is 2.49. The molecule has 0 spiro atoms. The molecule has 0 aromatic carbocycles. The van der Waals surface area contributed by atoms with Crippen molar-refractivity contribution in [1.82, 2.24) is 20.9 Å². The molecule has 0 aliphatic carbocycles. The number of guanidine groups is 1. The number of nitrogens with zero attached hydrogens (tertiary/aromatic N) is 2. The number of likely N-dealkylation sites (tertiary alicyclic amines) is 1. The molecule has 1 atom stereocenters. The maximum Gasteiger partial charge on any atom is 0.407 e. The van der Waals surface area contributed by atoms with Gasteiger partial charge < -0.3 is 25.6 Å². The van der Waals surface area contributed by atoms with Crippen molar-refractivity contribution in [1.29, 1.82) is 0 Å². The van der Waals surface area contributed by atoms with E-state index in [1.807, 2.05) is 41.5 Å². The Bertz CT molecular complexity index is 520. The van der Waals surface area contributed by atoms with Crippen LogP contribution in [-0.4, -0.2) is 67.7 Å². The van der Waals surface area contributed by atoms with Crippen molar-refractivity contribution in [3.05, 3.63) is 0 Å². The Labute approximate surface area is 157 Å². The number of alkyl carbamates (subject to hydrolysis) is 1. The molecule has 8 nitrogen and oxygen atoms in total. The van der Waals surface area contributed by atoms with Gasteiger partial charge in [0, 0.05) is 38.6 Å². The Morgan fingerprint density at radius 1 is 1.12 bits per heavy atom. The molecule has 0 aromatic rings. The van der Waals surface area contributed by atoms with Gasteiger partial charge >= 0.3 is 6.09 Å². The summed E-state index contributed by atoms with van der Waals surface area (Å²) in [7, 11) is 1.73. The summed E-state index contributed by atoms with van der Waals surface area (Å²) in [5.74, 6) is 0.792. The Morgan fingerprint density at radius 3 is 2.27 bits per heavy atom. The number of rotatable bonds is 4. The van der Waals surface area contributed by atoms with Crippen LogP contribution in [0.1, 0.15) is 48.0 Å². The van der Waals surface area contributed by atoms with E-state index in [2.05, 4.69) is 25.8 Å². The number of carbonyl (C=O) groups is 2. The largest absolute Gasteiger partial charge is 0.444 e. The van der Waals surface area contributed by atoms with Gasteiger partial charge in [0.05, 0.1) is 6.04 Å². The number of carbonyl (C=O) groups excluding carboxylic acids is 2. The molecule has 150 valence electrons. The lowest BCUT2D eigenvalue weighted by Gasteiger charge is -2.24. The van der Waals surface area contributed by atoms with E-state index in [0.29, 0.717) is 19.6 Å². The van der Waals surface area contributed by atoms with Crippen molar-refractivity contribution >= 4 is 18.0 Å². The number of ether oxygens (including phenoxy) is 1. The van der Waals surface area contributed by atoms with Crippen molar-refractivity contribution in [2.45, 2.75) is 59.6 Å². The number of amides is 2. The monoisotopic (exact) mass is 369 g/mol. The van der Waals surface area contributed by atoms with Crippen LogP contribution in [0, 0.1) is 5.41 Å². The first kappa shape index (κ1) is 22.1. The zero-order valence-electron chi connectivity index (χ0n) is 17.2. The molecule has 1 heterocycles. The summed E-state index contributed by atoms with van der Waals surface area (Å²) in [6.45, 7) is 13.8. The number of nitrogens with one attached hydrogen (secondary N) is 3. The van der Waals surface area contributed by atoms with E-state index < -0.39 is 17.1 Å². The van der Waals surface area contributed by atoms with Crippen LogP contribution in [0.25, 0.3) is 0 Å². The van der Waals surface area contributed by atoms with Gasteiger partial charge in [-0.15, -0.1) is 0 Å². The highest BCUT2D eigenvalue weighted by Gasteiger charge is 2.28. The minimum Gasteiger partial charge on any atom is -0.444 e. The second kappa shape index (κ2) is 9.09. The summed E-state index contributed by atoms with van der Waals surface area (Å²) in [6.07, 6.45) is 0.443. The molecule has 0 bridgehead atoms. The first-order valence-electron chi connectivity index (χ1n) is 9.16. The lowest BCUT2D eigenvalue weighted by molar-refractivity contribution is -0.128. The van der Waals surface area contributed by atoms with E-state index in [4.69, 9.17) is 4.74 Å². The van der Waals surface area contributed by atoms with Gasteiger partial charge in [-0.05, 0) is 27.2 Å². The second-order valence-electron chi connectivity index (χ2n) is 8.56. The molecule has 26 heavy (non-hydrogen) atoms. The Morgan fingerprint density at radius 2 is 1.73 bits per heavy atom. The fraction of sp³-hybridized carbons (Fsp3) is 0.833. The van der Waals surface area contributed by atoms with E-state index >= 15 is 0 Å². The summed E-state index contributed by atoms with van der Waals surface area (Å²) < 4.78 is 5.30. The van der Waals surface area contributed by atoms with Crippen molar-refractivity contribution in [3.63, 3.8) is 0 Å². The normalized spacial score (nSPS) is 18.5. The molecule has 1 saturated heterocycles. The average molecular weight is 370 g/mol. The fourth-order valence-electron chi connectivity index (χ4n) is 2.49. The minimum atomic E-state index is -0.503. The van der Waals surface area contributed by atoms with E-state index in [1.165, 1.54) is 0 Å². The predicted molar refractivity (Wildman–Crippen MR) is 103 cm³/mol. The molecule has 1 rings (SSSR count). The molecule has 1 aliphatic rings. The van der Waals surface area contributed by atoms with Crippen LogP contribution < -0.4 is 16.0 Å². The van der Waals surface area contributed by atoms with E-state index in [1.54, 1.807) is 7.05 Å². The molecule has 0 radical (unpaired) electrons. The lowest BCUT2D eigenvalue weighted by atomic mass is 9.96. The van der Waals surface area contributed by atoms with Crippen LogP contribution in [0.4, 0.5) is 4.79 Å². The van der Waals surface area contributed by atoms with Gasteiger partial charge in [0.2, 0.25) is 5.91 Å². The minimum absolute atomic E-state index is 0.0251. The van der Waals surface area contributed by atoms with Crippen molar-refractivity contribution < 1.29 is 14.3 Å². The third-order valence-corrected chi connectivity index (χ3v) is 3.80. The van der Waals surface area contributed by atoms with Gasteiger partial charge in [0.1, 0.15) is 5.60 Å². The summed E-state index contributed by atoms with van der Waals surface area (Å²) in [5.41, 5.74) is -0.894. The van der Waals surface area contributed by atoms with Crippen molar-refractivity contribution in [2.24, 2.45) is 10.4 Å². The van der Waals surface area contributed by atoms with Crippen LogP contribution in [0.5, 0.6) is 0 Å². The lowest BCUT2D eigenvalue weighted by Crippen LogP contribution is -2.46. The summed E-state index contributed by atoms with van der Waals surface area (Å²) in [6, 6.07) is 0.0315. The summed E-state index contributed by atoms with van der Waals surface area (Å²) in [4.78, 5) is 30.1. The molecule has 1 unspecified atom stereocenters. The third-order valence-electron chi connectivity index (χ3n) is 3.80. The van der Waals surface area contributed by atoms with Crippen molar-refractivity contribution in [2.75, 3.05) is 33.2 Å². The standard InChI is InChI=1S/C18H35N5O3/c1-17(2,3)14(24)20-9-10-21-15(19-7)23-11-8-13(12-23)22-16(25)26-18(4,5)6/h13H,8-12H2,1-7H3,(H,19,21)(H,20,24)(H,22,25). The number of aliphatic imine (C=N–C) groups is 1. The summed E-state index contributed by atoms with van der Waals surface area (Å²) >= 11 is 0. The zero-order chi connectivity index (χ0) is 20.0. The predicted octanol–water partition coefficient (Wildman–Crippen LogP) is 1.32. The van der Waals surface area contributed by atoms with E-state index in [9.17, 15) is 9.59 Å². The Hall–Kier alpha value is -1.99. The second-order valence-corrected chi connectivity index (χ2v) is 8.56. The van der Waals surface area contributed by atoms with Gasteiger partial charge in [-0.2, -0.15) is 0 Å². The van der Waals surface area contributed by atoms with E-state index in [0.717, 1.165) is 18.9 Å². The summed E-state index contributed by atoms with van der Waals surface area (Å²) in [5, 5.41) is 9.05. The molecule has 1 fully saturated rings. The highest BCUT2D eigenvalue weighted by atomic mass is 16.6. The van der Waals surface area contributed by atoms with Gasteiger partial charge in [0.15, 0.2) is 5.96 Å². The number of hydrogen-bond acceptors (Lipinski definition) is 4. The zero-order valence-corrected chi connectivity index (χ0v) is 17.2. The molecule has 8 heteroatoms. The van der Waals surface area contributed by atoms with Crippen LogP contribution >= 0.6 is 0 Å². The van der Waals surface area contributed by atoms with Gasteiger partial charge in [-0.1, -0.05) is 20.8 Å². The molecule has 0 saturated carbocycles. The topological polar surface area (TPSA) is 95.1 Å². The van der Waals surface area contributed by atoms with Crippen LogP contribution in [0.2, 0.25) is 0 Å². The maximum atomic E-state index is 11.9. The first-order valence-corrected chi connectivity index (χ1v) is 9.16.